The standard InChI is InChI=1S/C11H21N5O/c1-3-15(4-2)5-6-16-9-10(8-13-16)14-11(17)7-12/h8-9H,3-7,12H2,1-2H3,(H,14,17). The third kappa shape index (κ3) is 4.54. The molecule has 0 aliphatic heterocycles. The molecule has 0 aliphatic rings. The van der Waals surface area contributed by atoms with Crippen molar-refractivity contribution in [2.45, 2.75) is 20.4 Å². The summed E-state index contributed by atoms with van der Waals surface area (Å²) < 4.78 is 1.82. The summed E-state index contributed by atoms with van der Waals surface area (Å²) in [6.07, 6.45) is 3.45. The van der Waals surface area contributed by atoms with Gasteiger partial charge in [-0.3, -0.25) is 9.48 Å². The first-order valence-corrected chi connectivity index (χ1v) is 5.94. The summed E-state index contributed by atoms with van der Waals surface area (Å²) in [5.41, 5.74) is 5.91. The number of hydrogen-bond donors (Lipinski definition) is 2. The number of anilines is 1. The summed E-state index contributed by atoms with van der Waals surface area (Å²) in [5, 5.41) is 6.85. The molecule has 17 heavy (non-hydrogen) atoms. The molecule has 1 rings (SSSR count). The Kier molecular flexibility index (Phi) is 5.65. The van der Waals surface area contributed by atoms with Gasteiger partial charge in [0.05, 0.1) is 25.0 Å². The van der Waals surface area contributed by atoms with Crippen molar-refractivity contribution in [3.63, 3.8) is 0 Å². The molecule has 0 aliphatic carbocycles. The van der Waals surface area contributed by atoms with E-state index in [4.69, 9.17) is 5.73 Å². The molecule has 1 heterocycles. The fraction of sp³-hybridized carbons (Fsp3) is 0.636. The van der Waals surface area contributed by atoms with Gasteiger partial charge in [-0.05, 0) is 13.1 Å². The van der Waals surface area contributed by atoms with Crippen LogP contribution in [0.25, 0.3) is 0 Å². The van der Waals surface area contributed by atoms with Crippen LogP contribution >= 0.6 is 0 Å². The van der Waals surface area contributed by atoms with E-state index in [1.807, 2.05) is 10.9 Å². The summed E-state index contributed by atoms with van der Waals surface area (Å²) in [6, 6.07) is 0. The number of nitrogens with two attached hydrogens (primary N) is 1. The van der Waals surface area contributed by atoms with Crippen LogP contribution in [0, 0.1) is 0 Å². The molecule has 6 nitrogen and oxygen atoms in total. The predicted molar refractivity (Wildman–Crippen MR) is 67.7 cm³/mol. The van der Waals surface area contributed by atoms with Crippen LogP contribution in [0.3, 0.4) is 0 Å². The van der Waals surface area contributed by atoms with Gasteiger partial charge in [0.2, 0.25) is 5.91 Å². The van der Waals surface area contributed by atoms with Crippen LogP contribution in [0.15, 0.2) is 12.4 Å². The summed E-state index contributed by atoms with van der Waals surface area (Å²) >= 11 is 0. The van der Waals surface area contributed by atoms with Crippen molar-refractivity contribution in [2.75, 3.05) is 31.5 Å². The number of aromatic nitrogens is 2. The van der Waals surface area contributed by atoms with Crippen LogP contribution in [-0.4, -0.2) is 46.8 Å². The molecule has 0 saturated heterocycles. The normalized spacial score (nSPS) is 10.8. The second-order valence-corrected chi connectivity index (χ2v) is 3.77. The molecule has 1 aromatic heterocycles. The molecule has 1 aromatic rings. The van der Waals surface area contributed by atoms with E-state index in [-0.39, 0.29) is 12.5 Å². The summed E-state index contributed by atoms with van der Waals surface area (Å²) in [7, 11) is 0. The molecule has 6 heteroatoms. The van der Waals surface area contributed by atoms with Gasteiger partial charge in [0.25, 0.3) is 0 Å². The van der Waals surface area contributed by atoms with Crippen LogP contribution < -0.4 is 11.1 Å². The Morgan fingerprint density at radius 3 is 2.82 bits per heavy atom. The number of nitrogens with zero attached hydrogens (tertiary/aromatic N) is 3. The van der Waals surface area contributed by atoms with Gasteiger partial charge in [-0.15, -0.1) is 0 Å². The maximum atomic E-state index is 11.1. The van der Waals surface area contributed by atoms with E-state index in [9.17, 15) is 4.79 Å². The fourth-order valence-electron chi connectivity index (χ4n) is 1.55. The third-order valence-corrected chi connectivity index (χ3v) is 2.64. The SMILES string of the molecule is CCN(CC)CCn1cc(NC(=O)CN)cn1. The number of likely N-dealkylation sites (N-methyl/N-ethyl adjacent to an activating group) is 1. The molecule has 0 atom stereocenters. The monoisotopic (exact) mass is 239 g/mol. The summed E-state index contributed by atoms with van der Waals surface area (Å²) in [4.78, 5) is 13.4. The van der Waals surface area contributed by atoms with E-state index >= 15 is 0 Å². The summed E-state index contributed by atoms with van der Waals surface area (Å²) in [6.45, 7) is 8.12. The minimum absolute atomic E-state index is 0.00930. The molecule has 0 aromatic carbocycles. The molecular weight excluding hydrogens is 218 g/mol. The van der Waals surface area contributed by atoms with E-state index in [0.29, 0.717) is 5.69 Å². The van der Waals surface area contributed by atoms with Gasteiger partial charge in [-0.2, -0.15) is 5.10 Å². The zero-order valence-corrected chi connectivity index (χ0v) is 10.5. The van der Waals surface area contributed by atoms with Gasteiger partial charge < -0.3 is 16.0 Å². The van der Waals surface area contributed by atoms with Crippen molar-refractivity contribution >= 4 is 11.6 Å². The Hall–Kier alpha value is -1.40. The zero-order chi connectivity index (χ0) is 12.7. The topological polar surface area (TPSA) is 76.2 Å². The Bertz CT molecular complexity index is 345. The molecule has 1 amide bonds. The zero-order valence-electron chi connectivity index (χ0n) is 10.5. The first kappa shape index (κ1) is 13.7. The second kappa shape index (κ2) is 7.03. The molecule has 0 radical (unpaired) electrons. The van der Waals surface area contributed by atoms with E-state index in [1.165, 1.54) is 0 Å². The lowest BCUT2D eigenvalue weighted by molar-refractivity contribution is -0.114. The average molecular weight is 239 g/mol. The van der Waals surface area contributed by atoms with E-state index < -0.39 is 0 Å². The van der Waals surface area contributed by atoms with Crippen LogP contribution in [0.4, 0.5) is 5.69 Å². The van der Waals surface area contributed by atoms with Gasteiger partial charge >= 0.3 is 0 Å². The van der Waals surface area contributed by atoms with Crippen molar-refractivity contribution in [3.05, 3.63) is 12.4 Å². The van der Waals surface area contributed by atoms with E-state index in [1.54, 1.807) is 6.20 Å². The maximum Gasteiger partial charge on any atom is 0.238 e. The largest absolute Gasteiger partial charge is 0.322 e. The Morgan fingerprint density at radius 1 is 1.53 bits per heavy atom. The first-order valence-electron chi connectivity index (χ1n) is 5.94. The molecule has 96 valence electrons. The second-order valence-electron chi connectivity index (χ2n) is 3.77. The lowest BCUT2D eigenvalue weighted by atomic mass is 10.4. The quantitative estimate of drug-likeness (QED) is 0.708. The fourth-order valence-corrected chi connectivity index (χ4v) is 1.55. The van der Waals surface area contributed by atoms with Crippen LogP contribution in [-0.2, 0) is 11.3 Å². The maximum absolute atomic E-state index is 11.1. The predicted octanol–water partition coefficient (Wildman–Crippen LogP) is 0.122. The Balaban J connectivity index is 2.42. The number of hydrogen-bond acceptors (Lipinski definition) is 4. The Labute approximate surface area is 102 Å². The van der Waals surface area contributed by atoms with Crippen LogP contribution in [0.1, 0.15) is 13.8 Å². The van der Waals surface area contributed by atoms with Crippen molar-refractivity contribution in [2.24, 2.45) is 5.73 Å². The Morgan fingerprint density at radius 2 is 2.24 bits per heavy atom. The molecule has 0 saturated carbocycles. The highest BCUT2D eigenvalue weighted by Gasteiger charge is 2.03. The molecule has 0 spiro atoms. The molecule has 3 N–H and O–H groups in total. The highest BCUT2D eigenvalue weighted by molar-refractivity contribution is 5.91. The van der Waals surface area contributed by atoms with Gasteiger partial charge in [-0.1, -0.05) is 13.8 Å². The van der Waals surface area contributed by atoms with Crippen molar-refractivity contribution in [1.82, 2.24) is 14.7 Å². The number of nitrogens with one attached hydrogen (secondary N) is 1. The summed E-state index contributed by atoms with van der Waals surface area (Å²) in [5.74, 6) is -0.201. The van der Waals surface area contributed by atoms with E-state index in [2.05, 4.69) is 29.2 Å². The van der Waals surface area contributed by atoms with Crippen molar-refractivity contribution in [3.8, 4) is 0 Å². The van der Waals surface area contributed by atoms with Gasteiger partial charge in [-0.25, -0.2) is 0 Å². The minimum atomic E-state index is -0.201. The first-order chi connectivity index (χ1) is 8.19. The molecule has 0 unspecified atom stereocenters. The highest BCUT2D eigenvalue weighted by atomic mass is 16.1. The smallest absolute Gasteiger partial charge is 0.238 e. The third-order valence-electron chi connectivity index (χ3n) is 2.64. The average Bonchev–Trinajstić information content (AvgIpc) is 2.78. The molecular formula is C11H21N5O. The van der Waals surface area contributed by atoms with Crippen LogP contribution in [0.5, 0.6) is 0 Å². The number of rotatable bonds is 7. The van der Waals surface area contributed by atoms with Crippen molar-refractivity contribution in [1.29, 1.82) is 0 Å². The lowest BCUT2D eigenvalue weighted by Gasteiger charge is -2.17. The molecule has 0 bridgehead atoms. The lowest BCUT2D eigenvalue weighted by Crippen LogP contribution is -2.27. The van der Waals surface area contributed by atoms with Gasteiger partial charge in [0.1, 0.15) is 0 Å². The molecule has 0 fully saturated rings. The van der Waals surface area contributed by atoms with Crippen LogP contribution in [0.2, 0.25) is 0 Å². The number of amides is 1. The number of carbonyl (C=O) groups excluding carboxylic acids is 1. The van der Waals surface area contributed by atoms with Crippen molar-refractivity contribution < 1.29 is 4.79 Å². The van der Waals surface area contributed by atoms with Gasteiger partial charge in [0, 0.05) is 12.7 Å². The van der Waals surface area contributed by atoms with Gasteiger partial charge in [0.15, 0.2) is 0 Å². The minimum Gasteiger partial charge on any atom is -0.322 e. The van der Waals surface area contributed by atoms with E-state index in [0.717, 1.165) is 26.2 Å². The number of carbonyl (C=O) groups is 1. The highest BCUT2D eigenvalue weighted by Crippen LogP contribution is 2.04.